The summed E-state index contributed by atoms with van der Waals surface area (Å²) in [5.41, 5.74) is 2.35. The molecule has 0 aliphatic carbocycles. The number of rotatable bonds is 5. The lowest BCUT2D eigenvalue weighted by Gasteiger charge is -2.19. The van der Waals surface area contributed by atoms with E-state index in [1.165, 1.54) is 5.56 Å². The molecule has 0 bridgehead atoms. The Labute approximate surface area is 139 Å². The van der Waals surface area contributed by atoms with Crippen LogP contribution in [0.1, 0.15) is 44.2 Å². The minimum absolute atomic E-state index is 0.0654. The molecule has 1 saturated heterocycles. The fourth-order valence-electron chi connectivity index (χ4n) is 3.08. The van der Waals surface area contributed by atoms with Crippen molar-refractivity contribution in [2.24, 2.45) is 11.8 Å². The summed E-state index contributed by atoms with van der Waals surface area (Å²) in [6.07, 6.45) is 0.487. The van der Waals surface area contributed by atoms with Crippen LogP contribution in [-0.2, 0) is 9.59 Å². The van der Waals surface area contributed by atoms with Crippen LogP contribution in [0.25, 0.3) is 0 Å². The van der Waals surface area contributed by atoms with Crippen LogP contribution in [0.5, 0.6) is 0 Å². The third-order valence-corrected chi connectivity index (χ3v) is 4.50. The summed E-state index contributed by atoms with van der Waals surface area (Å²) in [6.45, 7) is 9.93. The standard InChI is InChI=1S/C19H28N2O2/c1-5-18(22)21-11-16(15-8-6-14(4)7-9-15)17(12-21)19(23)20-10-13(2)3/h6-9,13,16-17H,5,10-12H2,1-4H3,(H,20,23). The SMILES string of the molecule is CCC(=O)N1CC(C(=O)NCC(C)C)C(c2ccc(C)cc2)C1. The van der Waals surface area contributed by atoms with Gasteiger partial charge in [-0.15, -0.1) is 0 Å². The molecule has 0 saturated carbocycles. The topological polar surface area (TPSA) is 49.4 Å². The van der Waals surface area contributed by atoms with Crippen LogP contribution in [0.2, 0.25) is 0 Å². The van der Waals surface area contributed by atoms with E-state index in [9.17, 15) is 9.59 Å². The molecule has 4 nitrogen and oxygen atoms in total. The Hall–Kier alpha value is -1.84. The molecular weight excluding hydrogens is 288 g/mol. The average molecular weight is 316 g/mol. The lowest BCUT2D eigenvalue weighted by atomic mass is 9.88. The third kappa shape index (κ3) is 4.34. The summed E-state index contributed by atoms with van der Waals surface area (Å²) in [5, 5.41) is 3.04. The summed E-state index contributed by atoms with van der Waals surface area (Å²) < 4.78 is 0. The number of hydrogen-bond acceptors (Lipinski definition) is 2. The summed E-state index contributed by atoms with van der Waals surface area (Å²) in [7, 11) is 0. The predicted octanol–water partition coefficient (Wildman–Crippen LogP) is 2.72. The maximum Gasteiger partial charge on any atom is 0.225 e. The maximum atomic E-state index is 12.6. The van der Waals surface area contributed by atoms with Crippen molar-refractivity contribution in [1.82, 2.24) is 10.2 Å². The molecule has 1 aliphatic rings. The monoisotopic (exact) mass is 316 g/mol. The molecule has 1 N–H and O–H groups in total. The van der Waals surface area contributed by atoms with Crippen molar-refractivity contribution < 1.29 is 9.59 Å². The van der Waals surface area contributed by atoms with Crippen molar-refractivity contribution in [2.75, 3.05) is 19.6 Å². The van der Waals surface area contributed by atoms with Crippen LogP contribution in [0.4, 0.5) is 0 Å². The highest BCUT2D eigenvalue weighted by atomic mass is 16.2. The van der Waals surface area contributed by atoms with E-state index in [0.717, 1.165) is 5.56 Å². The zero-order chi connectivity index (χ0) is 17.0. The molecule has 2 atom stereocenters. The van der Waals surface area contributed by atoms with Gasteiger partial charge < -0.3 is 10.2 Å². The first-order valence-electron chi connectivity index (χ1n) is 8.54. The van der Waals surface area contributed by atoms with Crippen LogP contribution in [0, 0.1) is 18.8 Å². The molecule has 1 heterocycles. The lowest BCUT2D eigenvalue weighted by Crippen LogP contribution is -2.37. The highest BCUT2D eigenvalue weighted by Crippen LogP contribution is 2.33. The van der Waals surface area contributed by atoms with E-state index < -0.39 is 0 Å². The summed E-state index contributed by atoms with van der Waals surface area (Å²) in [6, 6.07) is 8.32. The quantitative estimate of drug-likeness (QED) is 0.908. The Morgan fingerprint density at radius 3 is 2.43 bits per heavy atom. The van der Waals surface area contributed by atoms with Gasteiger partial charge >= 0.3 is 0 Å². The Morgan fingerprint density at radius 1 is 1.22 bits per heavy atom. The second-order valence-electron chi connectivity index (χ2n) is 6.91. The van der Waals surface area contributed by atoms with Crippen LogP contribution in [0.3, 0.4) is 0 Å². The van der Waals surface area contributed by atoms with Crippen molar-refractivity contribution in [3.63, 3.8) is 0 Å². The lowest BCUT2D eigenvalue weighted by molar-refractivity contribution is -0.130. The third-order valence-electron chi connectivity index (χ3n) is 4.50. The van der Waals surface area contributed by atoms with E-state index in [0.29, 0.717) is 32.0 Å². The predicted molar refractivity (Wildman–Crippen MR) is 92.1 cm³/mol. The number of hydrogen-bond donors (Lipinski definition) is 1. The molecule has 2 unspecified atom stereocenters. The number of carbonyl (C=O) groups excluding carboxylic acids is 2. The number of amides is 2. The Bertz CT molecular complexity index is 551. The van der Waals surface area contributed by atoms with Gasteiger partial charge in [-0.1, -0.05) is 50.6 Å². The van der Waals surface area contributed by atoms with Crippen LogP contribution < -0.4 is 5.32 Å². The Balaban J connectivity index is 2.18. The van der Waals surface area contributed by atoms with Gasteiger partial charge in [-0.3, -0.25) is 9.59 Å². The van der Waals surface area contributed by atoms with Crippen molar-refractivity contribution >= 4 is 11.8 Å². The fraction of sp³-hybridized carbons (Fsp3) is 0.579. The van der Waals surface area contributed by atoms with Gasteiger partial charge in [0.25, 0.3) is 0 Å². The van der Waals surface area contributed by atoms with Crippen LogP contribution >= 0.6 is 0 Å². The normalized spacial score (nSPS) is 20.8. The van der Waals surface area contributed by atoms with Gasteiger partial charge in [0.05, 0.1) is 5.92 Å². The van der Waals surface area contributed by atoms with Gasteiger partial charge in [-0.05, 0) is 18.4 Å². The molecular formula is C19H28N2O2. The van der Waals surface area contributed by atoms with E-state index in [1.807, 2.05) is 11.8 Å². The van der Waals surface area contributed by atoms with Crippen molar-refractivity contribution in [1.29, 1.82) is 0 Å². The zero-order valence-corrected chi connectivity index (χ0v) is 14.6. The van der Waals surface area contributed by atoms with Gasteiger partial charge in [-0.2, -0.15) is 0 Å². The number of carbonyl (C=O) groups is 2. The van der Waals surface area contributed by atoms with E-state index in [4.69, 9.17) is 0 Å². The molecule has 126 valence electrons. The molecule has 23 heavy (non-hydrogen) atoms. The molecule has 2 amide bonds. The summed E-state index contributed by atoms with van der Waals surface area (Å²) in [5.74, 6) is 0.536. The fourth-order valence-corrected chi connectivity index (χ4v) is 3.08. The van der Waals surface area contributed by atoms with Crippen molar-refractivity contribution in [3.05, 3.63) is 35.4 Å². The minimum atomic E-state index is -0.160. The van der Waals surface area contributed by atoms with Gasteiger partial charge in [0.1, 0.15) is 0 Å². The molecule has 0 aromatic heterocycles. The molecule has 1 aromatic carbocycles. The average Bonchev–Trinajstić information content (AvgIpc) is 2.97. The van der Waals surface area contributed by atoms with Crippen molar-refractivity contribution in [2.45, 2.75) is 40.0 Å². The number of benzene rings is 1. The summed E-state index contributed by atoms with van der Waals surface area (Å²) in [4.78, 5) is 26.5. The zero-order valence-electron chi connectivity index (χ0n) is 14.6. The highest BCUT2D eigenvalue weighted by molar-refractivity contribution is 5.83. The molecule has 0 radical (unpaired) electrons. The van der Waals surface area contributed by atoms with Gasteiger partial charge in [0.2, 0.25) is 11.8 Å². The second kappa shape index (κ2) is 7.62. The molecule has 1 aromatic rings. The Morgan fingerprint density at radius 2 is 1.87 bits per heavy atom. The molecule has 4 heteroatoms. The number of nitrogens with zero attached hydrogens (tertiary/aromatic N) is 1. The van der Waals surface area contributed by atoms with Gasteiger partial charge in [0.15, 0.2) is 0 Å². The molecule has 2 rings (SSSR count). The maximum absolute atomic E-state index is 12.6. The smallest absolute Gasteiger partial charge is 0.225 e. The largest absolute Gasteiger partial charge is 0.356 e. The van der Waals surface area contributed by atoms with Gasteiger partial charge in [0, 0.05) is 32.0 Å². The first-order chi connectivity index (χ1) is 10.9. The van der Waals surface area contributed by atoms with E-state index >= 15 is 0 Å². The number of aryl methyl sites for hydroxylation is 1. The summed E-state index contributed by atoms with van der Waals surface area (Å²) >= 11 is 0. The van der Waals surface area contributed by atoms with Crippen LogP contribution in [-0.4, -0.2) is 36.3 Å². The molecule has 1 aliphatic heterocycles. The Kier molecular flexibility index (Phi) is 5.80. The van der Waals surface area contributed by atoms with Crippen molar-refractivity contribution in [3.8, 4) is 0 Å². The first-order valence-corrected chi connectivity index (χ1v) is 8.54. The van der Waals surface area contributed by atoms with E-state index in [2.05, 4.69) is 50.4 Å². The molecule has 1 fully saturated rings. The first kappa shape index (κ1) is 17.5. The number of nitrogens with one attached hydrogen (secondary N) is 1. The molecule has 0 spiro atoms. The van der Waals surface area contributed by atoms with E-state index in [1.54, 1.807) is 0 Å². The number of likely N-dealkylation sites (tertiary alicyclic amines) is 1. The highest BCUT2D eigenvalue weighted by Gasteiger charge is 2.39. The second-order valence-corrected chi connectivity index (χ2v) is 6.91. The van der Waals surface area contributed by atoms with Gasteiger partial charge in [-0.25, -0.2) is 0 Å². The van der Waals surface area contributed by atoms with E-state index in [-0.39, 0.29) is 23.7 Å². The minimum Gasteiger partial charge on any atom is -0.356 e. The van der Waals surface area contributed by atoms with Crippen LogP contribution in [0.15, 0.2) is 24.3 Å².